The molecular weight excluding hydrogens is 262 g/mol. The van der Waals surface area contributed by atoms with E-state index in [0.717, 1.165) is 5.56 Å². The zero-order valence-electron chi connectivity index (χ0n) is 10.6. The van der Waals surface area contributed by atoms with Crippen LogP contribution in [0.4, 0.5) is 4.79 Å². The van der Waals surface area contributed by atoms with Crippen molar-refractivity contribution in [3.05, 3.63) is 30.9 Å². The number of hydrogen-bond donors (Lipinski definition) is 1. The Morgan fingerprint density at radius 2 is 2.30 bits per heavy atom. The van der Waals surface area contributed by atoms with E-state index in [0.29, 0.717) is 11.5 Å². The lowest BCUT2D eigenvalue weighted by molar-refractivity contribution is 0.103. The Morgan fingerprint density at radius 3 is 3.05 bits per heavy atom. The smallest absolute Gasteiger partial charge is 0.434 e. The second-order valence-electron chi connectivity index (χ2n) is 3.88. The maximum atomic E-state index is 11.2. The van der Waals surface area contributed by atoms with Crippen LogP contribution in [0.3, 0.4) is 0 Å². The number of rotatable bonds is 3. The van der Waals surface area contributed by atoms with Crippen molar-refractivity contribution in [3.63, 3.8) is 0 Å². The molecule has 1 N–H and O–H groups in total. The van der Waals surface area contributed by atoms with Crippen LogP contribution in [-0.2, 0) is 4.74 Å². The monoisotopic (exact) mass is 273 g/mol. The number of nitrogens with zero attached hydrogens (tertiary/aromatic N) is 4. The normalized spacial score (nSPS) is 10.7. The fourth-order valence-electron chi connectivity index (χ4n) is 1.74. The number of H-pyrrole nitrogens is 1. The van der Waals surface area contributed by atoms with Gasteiger partial charge in [0.2, 0.25) is 5.88 Å². The largest absolute Gasteiger partial charge is 0.515 e. The van der Waals surface area contributed by atoms with Crippen molar-refractivity contribution < 1.29 is 14.3 Å². The third-order valence-corrected chi connectivity index (χ3v) is 2.57. The first-order valence-electron chi connectivity index (χ1n) is 5.95. The highest BCUT2D eigenvalue weighted by Gasteiger charge is 2.10. The van der Waals surface area contributed by atoms with Crippen molar-refractivity contribution in [1.29, 1.82) is 0 Å². The average Bonchev–Trinajstić information content (AvgIpc) is 3.06. The second-order valence-corrected chi connectivity index (χ2v) is 3.88. The number of pyridine rings is 1. The van der Waals surface area contributed by atoms with Gasteiger partial charge in [-0.1, -0.05) is 0 Å². The van der Waals surface area contributed by atoms with Gasteiger partial charge in [0, 0.05) is 11.8 Å². The highest BCUT2D eigenvalue weighted by molar-refractivity contribution is 5.64. The molecule has 102 valence electrons. The Labute approximate surface area is 113 Å². The van der Waals surface area contributed by atoms with Crippen LogP contribution in [0.1, 0.15) is 6.92 Å². The predicted molar refractivity (Wildman–Crippen MR) is 68.2 cm³/mol. The molecule has 0 aromatic carbocycles. The van der Waals surface area contributed by atoms with E-state index in [2.05, 4.69) is 20.2 Å². The molecule has 0 radical (unpaired) electrons. The molecule has 3 rings (SSSR count). The maximum Gasteiger partial charge on any atom is 0.515 e. The molecule has 3 heterocycles. The molecule has 0 unspecified atom stereocenters. The van der Waals surface area contributed by atoms with Gasteiger partial charge in [0.1, 0.15) is 12.0 Å². The van der Waals surface area contributed by atoms with E-state index in [1.165, 1.54) is 6.33 Å². The Bertz CT molecular complexity index is 735. The molecule has 0 bridgehead atoms. The quantitative estimate of drug-likeness (QED) is 0.729. The van der Waals surface area contributed by atoms with Crippen LogP contribution in [0.25, 0.3) is 17.0 Å². The minimum absolute atomic E-state index is 0.179. The number of imidazole rings is 1. The van der Waals surface area contributed by atoms with Crippen molar-refractivity contribution in [2.24, 2.45) is 0 Å². The van der Waals surface area contributed by atoms with E-state index in [9.17, 15) is 4.79 Å². The van der Waals surface area contributed by atoms with Crippen molar-refractivity contribution >= 4 is 11.8 Å². The predicted octanol–water partition coefficient (Wildman–Crippen LogP) is 1.65. The maximum absolute atomic E-state index is 11.2. The van der Waals surface area contributed by atoms with Crippen LogP contribution in [0.5, 0.6) is 5.88 Å². The molecule has 0 aliphatic rings. The number of fused-ring (bicyclic) bond motifs is 1. The van der Waals surface area contributed by atoms with E-state index < -0.39 is 6.16 Å². The van der Waals surface area contributed by atoms with Crippen LogP contribution in [-0.4, -0.2) is 37.3 Å². The van der Waals surface area contributed by atoms with Crippen LogP contribution in [0.15, 0.2) is 30.9 Å². The summed E-state index contributed by atoms with van der Waals surface area (Å²) >= 11 is 0. The van der Waals surface area contributed by atoms with E-state index in [4.69, 9.17) is 9.47 Å². The fraction of sp³-hybridized carbons (Fsp3) is 0.167. The lowest BCUT2D eigenvalue weighted by Crippen LogP contribution is -2.10. The van der Waals surface area contributed by atoms with Gasteiger partial charge in [0.15, 0.2) is 5.82 Å². The number of aromatic amines is 1. The van der Waals surface area contributed by atoms with Crippen LogP contribution >= 0.6 is 0 Å². The topological polar surface area (TPSA) is 94.4 Å². The van der Waals surface area contributed by atoms with Gasteiger partial charge >= 0.3 is 6.16 Å². The fourth-order valence-corrected chi connectivity index (χ4v) is 1.74. The Kier molecular flexibility index (Phi) is 3.04. The molecule has 3 aromatic heterocycles. The van der Waals surface area contributed by atoms with Crippen molar-refractivity contribution in [2.45, 2.75) is 6.92 Å². The number of carbonyl (C=O) groups excluding carboxylic acids is 1. The van der Waals surface area contributed by atoms with Gasteiger partial charge in [0.25, 0.3) is 0 Å². The summed E-state index contributed by atoms with van der Waals surface area (Å²) in [4.78, 5) is 19.4. The summed E-state index contributed by atoms with van der Waals surface area (Å²) in [6.07, 6.45) is 4.06. The first kappa shape index (κ1) is 12.2. The zero-order valence-corrected chi connectivity index (χ0v) is 10.6. The van der Waals surface area contributed by atoms with Gasteiger partial charge in [-0.15, -0.1) is 0 Å². The van der Waals surface area contributed by atoms with Crippen LogP contribution in [0, 0.1) is 0 Å². The lowest BCUT2D eigenvalue weighted by Gasteiger charge is -1.98. The number of hydrogen-bond acceptors (Lipinski definition) is 6. The molecule has 0 fully saturated rings. The minimum atomic E-state index is -0.772. The van der Waals surface area contributed by atoms with Gasteiger partial charge in [-0.05, 0) is 19.1 Å². The summed E-state index contributed by atoms with van der Waals surface area (Å²) in [5, 5.41) is 6.57. The van der Waals surface area contributed by atoms with Crippen LogP contribution in [0.2, 0.25) is 0 Å². The van der Waals surface area contributed by atoms with Gasteiger partial charge in [0.05, 0.1) is 12.8 Å². The molecule has 0 saturated carbocycles. The number of carbonyl (C=O) groups is 1. The highest BCUT2D eigenvalue weighted by Crippen LogP contribution is 2.18. The second kappa shape index (κ2) is 5.00. The summed E-state index contributed by atoms with van der Waals surface area (Å²) in [6, 6.07) is 3.63. The van der Waals surface area contributed by atoms with E-state index in [1.807, 2.05) is 6.07 Å². The Morgan fingerprint density at radius 1 is 1.40 bits per heavy atom. The third-order valence-electron chi connectivity index (χ3n) is 2.57. The summed E-state index contributed by atoms with van der Waals surface area (Å²) in [6.45, 7) is 1.95. The number of nitrogens with one attached hydrogen (secondary N) is 1. The van der Waals surface area contributed by atoms with E-state index in [1.54, 1.807) is 29.8 Å². The Balaban J connectivity index is 1.89. The number of aromatic nitrogens is 5. The van der Waals surface area contributed by atoms with E-state index >= 15 is 0 Å². The molecule has 20 heavy (non-hydrogen) atoms. The van der Waals surface area contributed by atoms with Crippen LogP contribution < -0.4 is 4.74 Å². The summed E-state index contributed by atoms with van der Waals surface area (Å²) in [5.74, 6) is 0.826. The van der Waals surface area contributed by atoms with Crippen molar-refractivity contribution in [2.75, 3.05) is 6.61 Å². The molecule has 0 atom stereocenters. The highest BCUT2D eigenvalue weighted by atomic mass is 16.7. The minimum Gasteiger partial charge on any atom is -0.434 e. The number of ether oxygens (including phenoxy) is 2. The molecule has 0 saturated heterocycles. The molecule has 8 heteroatoms. The summed E-state index contributed by atoms with van der Waals surface area (Å²) in [5.41, 5.74) is 1.49. The molecule has 0 spiro atoms. The first-order chi connectivity index (χ1) is 9.76. The Hall–Kier alpha value is -2.90. The zero-order chi connectivity index (χ0) is 13.9. The summed E-state index contributed by atoms with van der Waals surface area (Å²) in [7, 11) is 0. The molecule has 0 amide bonds. The first-order valence-corrected chi connectivity index (χ1v) is 5.95. The van der Waals surface area contributed by atoms with E-state index in [-0.39, 0.29) is 12.5 Å². The van der Waals surface area contributed by atoms with Gasteiger partial charge in [-0.3, -0.25) is 5.10 Å². The van der Waals surface area contributed by atoms with Gasteiger partial charge in [-0.2, -0.15) is 10.1 Å². The molecule has 8 nitrogen and oxygen atoms in total. The SMILES string of the molecule is CCOC(=O)Oc1cn2cc(-c3ncn[nH]3)ccc2n1. The third kappa shape index (κ3) is 2.30. The lowest BCUT2D eigenvalue weighted by atomic mass is 10.3. The van der Waals surface area contributed by atoms with Gasteiger partial charge < -0.3 is 13.9 Å². The molecular formula is C12H11N5O3. The summed E-state index contributed by atoms with van der Waals surface area (Å²) < 4.78 is 11.4. The average molecular weight is 273 g/mol. The van der Waals surface area contributed by atoms with Gasteiger partial charge in [-0.25, -0.2) is 9.78 Å². The molecule has 0 aliphatic heterocycles. The van der Waals surface area contributed by atoms with Crippen molar-refractivity contribution in [1.82, 2.24) is 24.6 Å². The molecule has 3 aromatic rings. The van der Waals surface area contributed by atoms with Crippen molar-refractivity contribution in [3.8, 4) is 17.3 Å². The molecule has 0 aliphatic carbocycles. The standard InChI is InChI=1S/C12H11N5O3/c1-2-19-12(18)20-10-6-17-5-8(3-4-9(17)15-10)11-13-7-14-16-11/h3-7H,2H2,1H3,(H,13,14,16).